The van der Waals surface area contributed by atoms with Crippen LogP contribution in [0.5, 0.6) is 0 Å². The number of hydrogen-bond donors (Lipinski definition) is 0. The van der Waals surface area contributed by atoms with Crippen LogP contribution in [0.2, 0.25) is 10.0 Å². The van der Waals surface area contributed by atoms with Crippen LogP contribution >= 0.6 is 35.4 Å². The van der Waals surface area contributed by atoms with Gasteiger partial charge < -0.3 is 4.90 Å². The Morgan fingerprint density at radius 3 is 2.32 bits per heavy atom. The third-order valence-electron chi connectivity index (χ3n) is 3.26. The number of anilines is 1. The first-order valence-electron chi connectivity index (χ1n) is 6.67. The quantitative estimate of drug-likeness (QED) is 0.555. The largest absolute Gasteiger partial charge is 0.378 e. The maximum Gasteiger partial charge on any atom is 0.169 e. The average Bonchev–Trinajstić information content (AvgIpc) is 2.49. The number of carbonyl (C=O) groups is 1. The highest BCUT2D eigenvalue weighted by atomic mass is 35.5. The third kappa shape index (κ3) is 4.07. The number of nitrogens with zero attached hydrogens (tertiary/aromatic N) is 1. The van der Waals surface area contributed by atoms with Crippen LogP contribution in [0.25, 0.3) is 0 Å². The summed E-state index contributed by atoms with van der Waals surface area (Å²) in [5.41, 5.74) is 2.35. The SMILES string of the molecule is CN(C)c1ccc(C(=S)CC(=O)c2cc(Cl)ccc2Cl)cc1. The molecule has 22 heavy (non-hydrogen) atoms. The molecule has 2 aromatic carbocycles. The molecule has 0 aliphatic rings. The smallest absolute Gasteiger partial charge is 0.169 e. The Labute approximate surface area is 145 Å². The van der Waals surface area contributed by atoms with Gasteiger partial charge in [-0.25, -0.2) is 0 Å². The van der Waals surface area contributed by atoms with Gasteiger partial charge in [0.05, 0.1) is 5.02 Å². The molecule has 0 spiro atoms. The number of Topliss-reactive ketones (excluding diaryl/α,β-unsaturated/α-hetero) is 1. The monoisotopic (exact) mass is 351 g/mol. The summed E-state index contributed by atoms with van der Waals surface area (Å²) < 4.78 is 0. The van der Waals surface area contributed by atoms with Crippen LogP contribution in [0, 0.1) is 0 Å². The van der Waals surface area contributed by atoms with Gasteiger partial charge in [-0.2, -0.15) is 0 Å². The van der Waals surface area contributed by atoms with Crippen LogP contribution in [0.15, 0.2) is 42.5 Å². The number of hydrogen-bond acceptors (Lipinski definition) is 3. The van der Waals surface area contributed by atoms with Crippen LogP contribution < -0.4 is 4.90 Å². The molecule has 2 aromatic rings. The van der Waals surface area contributed by atoms with Gasteiger partial charge in [0.2, 0.25) is 0 Å². The Kier molecular flexibility index (Phi) is 5.57. The molecule has 0 atom stereocenters. The lowest BCUT2D eigenvalue weighted by Gasteiger charge is -2.13. The van der Waals surface area contributed by atoms with Crippen molar-refractivity contribution in [2.45, 2.75) is 6.42 Å². The van der Waals surface area contributed by atoms with E-state index in [-0.39, 0.29) is 12.2 Å². The van der Waals surface area contributed by atoms with Crippen molar-refractivity contribution in [3.63, 3.8) is 0 Å². The minimum Gasteiger partial charge on any atom is -0.378 e. The molecular weight excluding hydrogens is 337 g/mol. The molecular formula is C17H15Cl2NOS. The fourth-order valence-corrected chi connectivity index (χ4v) is 2.66. The van der Waals surface area contributed by atoms with Crippen molar-refractivity contribution in [1.29, 1.82) is 0 Å². The standard InChI is InChI=1S/C17H15Cl2NOS/c1-20(2)13-6-3-11(4-7-13)17(22)10-16(21)14-9-12(18)5-8-15(14)19/h3-9H,10H2,1-2H3. The minimum atomic E-state index is -0.130. The number of halogens is 2. The third-order valence-corrected chi connectivity index (χ3v) is 4.20. The van der Waals surface area contributed by atoms with E-state index in [0.717, 1.165) is 11.3 Å². The van der Waals surface area contributed by atoms with Crippen LogP contribution in [0.3, 0.4) is 0 Å². The molecule has 5 heteroatoms. The molecule has 0 amide bonds. The normalized spacial score (nSPS) is 10.4. The molecule has 0 radical (unpaired) electrons. The van der Waals surface area contributed by atoms with Crippen LogP contribution in [-0.2, 0) is 0 Å². The van der Waals surface area contributed by atoms with Gasteiger partial charge in [-0.15, -0.1) is 0 Å². The first-order valence-corrected chi connectivity index (χ1v) is 7.83. The van der Waals surface area contributed by atoms with E-state index in [1.165, 1.54) is 0 Å². The summed E-state index contributed by atoms with van der Waals surface area (Å²) in [6.07, 6.45) is 0.136. The molecule has 0 aliphatic carbocycles. The highest BCUT2D eigenvalue weighted by molar-refractivity contribution is 7.80. The second-order valence-electron chi connectivity index (χ2n) is 5.09. The van der Waals surface area contributed by atoms with E-state index in [2.05, 4.69) is 0 Å². The summed E-state index contributed by atoms with van der Waals surface area (Å²) in [6, 6.07) is 12.6. The van der Waals surface area contributed by atoms with E-state index in [1.54, 1.807) is 18.2 Å². The molecule has 0 heterocycles. The lowest BCUT2D eigenvalue weighted by Crippen LogP contribution is -2.10. The van der Waals surface area contributed by atoms with E-state index >= 15 is 0 Å². The van der Waals surface area contributed by atoms with Crippen LogP contribution in [0.1, 0.15) is 22.3 Å². The molecule has 0 saturated heterocycles. The Morgan fingerprint density at radius 1 is 1.09 bits per heavy atom. The van der Waals surface area contributed by atoms with Gasteiger partial charge in [-0.1, -0.05) is 47.6 Å². The van der Waals surface area contributed by atoms with E-state index in [0.29, 0.717) is 20.5 Å². The zero-order chi connectivity index (χ0) is 16.3. The first kappa shape index (κ1) is 16.9. The van der Waals surface area contributed by atoms with E-state index in [9.17, 15) is 4.79 Å². The Morgan fingerprint density at radius 2 is 1.73 bits per heavy atom. The van der Waals surface area contributed by atoms with Crippen molar-refractivity contribution in [2.75, 3.05) is 19.0 Å². The van der Waals surface area contributed by atoms with Gasteiger partial charge >= 0.3 is 0 Å². The van der Waals surface area contributed by atoms with Crippen molar-refractivity contribution in [3.05, 3.63) is 63.6 Å². The summed E-state index contributed by atoms with van der Waals surface area (Å²) in [5, 5.41) is 0.870. The van der Waals surface area contributed by atoms with Gasteiger partial charge in [0.25, 0.3) is 0 Å². The number of benzene rings is 2. The van der Waals surface area contributed by atoms with Gasteiger partial charge in [-0.05, 0) is 35.9 Å². The summed E-state index contributed by atoms with van der Waals surface area (Å²) in [6.45, 7) is 0. The van der Waals surface area contributed by atoms with E-state index in [1.807, 2.05) is 43.3 Å². The number of carbonyl (C=O) groups excluding carboxylic acids is 1. The van der Waals surface area contributed by atoms with Gasteiger partial charge in [0, 0.05) is 41.7 Å². The molecule has 0 saturated carbocycles. The molecule has 2 nitrogen and oxygen atoms in total. The van der Waals surface area contributed by atoms with Crippen LogP contribution in [-0.4, -0.2) is 24.7 Å². The van der Waals surface area contributed by atoms with Gasteiger partial charge in [0.15, 0.2) is 5.78 Å². The molecule has 0 unspecified atom stereocenters. The number of ketones is 1. The number of thiocarbonyl (C=S) groups is 1. The molecule has 114 valence electrons. The summed E-state index contributed by atoms with van der Waals surface area (Å²) in [5.74, 6) is -0.130. The van der Waals surface area contributed by atoms with Crippen molar-refractivity contribution in [1.82, 2.24) is 0 Å². The van der Waals surface area contributed by atoms with Crippen LogP contribution in [0.4, 0.5) is 5.69 Å². The maximum atomic E-state index is 12.3. The predicted molar refractivity (Wildman–Crippen MR) is 97.9 cm³/mol. The van der Waals surface area contributed by atoms with Gasteiger partial charge in [-0.3, -0.25) is 4.79 Å². The molecule has 0 aliphatic heterocycles. The van der Waals surface area contributed by atoms with Crippen molar-refractivity contribution < 1.29 is 4.79 Å². The Balaban J connectivity index is 2.14. The summed E-state index contributed by atoms with van der Waals surface area (Å²) in [7, 11) is 3.94. The summed E-state index contributed by atoms with van der Waals surface area (Å²) >= 11 is 17.3. The fraction of sp³-hybridized carbons (Fsp3) is 0.176. The second-order valence-corrected chi connectivity index (χ2v) is 6.43. The average molecular weight is 352 g/mol. The second kappa shape index (κ2) is 7.23. The fourth-order valence-electron chi connectivity index (χ4n) is 2.00. The first-order chi connectivity index (χ1) is 10.4. The van der Waals surface area contributed by atoms with E-state index < -0.39 is 0 Å². The maximum absolute atomic E-state index is 12.3. The highest BCUT2D eigenvalue weighted by Crippen LogP contribution is 2.23. The lowest BCUT2D eigenvalue weighted by molar-refractivity contribution is 0.100. The molecule has 0 bridgehead atoms. The highest BCUT2D eigenvalue weighted by Gasteiger charge is 2.14. The predicted octanol–water partition coefficient (Wildman–Crippen LogP) is 5.05. The molecule has 0 fully saturated rings. The molecule has 0 N–H and O–H groups in total. The van der Waals surface area contributed by atoms with Gasteiger partial charge in [0.1, 0.15) is 0 Å². The van der Waals surface area contributed by atoms with Crippen molar-refractivity contribution in [3.8, 4) is 0 Å². The lowest BCUT2D eigenvalue weighted by atomic mass is 10.0. The zero-order valence-electron chi connectivity index (χ0n) is 12.3. The van der Waals surface area contributed by atoms with E-state index in [4.69, 9.17) is 35.4 Å². The summed E-state index contributed by atoms with van der Waals surface area (Å²) in [4.78, 5) is 14.9. The zero-order valence-corrected chi connectivity index (χ0v) is 14.6. The minimum absolute atomic E-state index is 0.130. The Hall–Kier alpha value is -1.42. The van der Waals surface area contributed by atoms with Crippen molar-refractivity contribution in [2.24, 2.45) is 0 Å². The van der Waals surface area contributed by atoms with Crippen molar-refractivity contribution >= 4 is 51.8 Å². The molecule has 0 aromatic heterocycles. The Bertz CT molecular complexity index is 711. The number of rotatable bonds is 5. The topological polar surface area (TPSA) is 20.3 Å². The molecule has 2 rings (SSSR count).